The van der Waals surface area contributed by atoms with Crippen LogP contribution >= 0.6 is 0 Å². The summed E-state index contributed by atoms with van der Waals surface area (Å²) in [6.45, 7) is 2.01. The lowest BCUT2D eigenvalue weighted by molar-refractivity contribution is -0.131. The van der Waals surface area contributed by atoms with Gasteiger partial charge in [-0.1, -0.05) is 0 Å². The first-order valence-electron chi connectivity index (χ1n) is 7.90. The van der Waals surface area contributed by atoms with Crippen molar-refractivity contribution in [3.63, 3.8) is 0 Å². The lowest BCUT2D eigenvalue weighted by Crippen LogP contribution is -2.49. The first kappa shape index (κ1) is 12.9. The van der Waals surface area contributed by atoms with Gasteiger partial charge in [0.1, 0.15) is 11.5 Å². The molecule has 2 aliphatic carbocycles. The van der Waals surface area contributed by atoms with Gasteiger partial charge < -0.3 is 14.6 Å². The number of hydrogen-bond donors (Lipinski definition) is 1. The molecule has 1 aromatic rings. The Morgan fingerprint density at radius 3 is 2.73 bits per heavy atom. The maximum atomic E-state index is 13.0. The molecule has 5 heteroatoms. The van der Waals surface area contributed by atoms with E-state index in [9.17, 15) is 9.90 Å². The third-order valence-electron chi connectivity index (χ3n) is 6.32. The predicted molar refractivity (Wildman–Crippen MR) is 78.3 cm³/mol. The summed E-state index contributed by atoms with van der Waals surface area (Å²) < 4.78 is 11.4. The molecule has 5 rings (SSSR count). The van der Waals surface area contributed by atoms with Gasteiger partial charge in [-0.15, -0.1) is 0 Å². The first-order valence-corrected chi connectivity index (χ1v) is 7.90. The van der Waals surface area contributed by atoms with Gasteiger partial charge in [0.05, 0.1) is 25.2 Å². The Morgan fingerprint density at radius 2 is 2.05 bits per heavy atom. The molecule has 2 bridgehead atoms. The molecule has 2 heterocycles. The smallest absolute Gasteiger partial charge is 0.233 e. The molecule has 4 fully saturated rings. The van der Waals surface area contributed by atoms with Crippen molar-refractivity contribution in [3.8, 4) is 5.75 Å². The van der Waals surface area contributed by atoms with E-state index in [1.807, 2.05) is 36.1 Å². The van der Waals surface area contributed by atoms with Crippen LogP contribution in [0, 0.1) is 23.7 Å². The SMILES string of the molecule is COc1ccc(N2C(=O)C3C4CC5C(OC2(C)C53)C4O)cc1. The second-order valence-electron chi connectivity index (χ2n) is 7.11. The summed E-state index contributed by atoms with van der Waals surface area (Å²) in [4.78, 5) is 14.8. The van der Waals surface area contributed by atoms with Crippen LogP contribution in [-0.2, 0) is 9.53 Å². The van der Waals surface area contributed by atoms with Crippen molar-refractivity contribution in [2.24, 2.45) is 23.7 Å². The molecular weight excluding hydrogens is 282 g/mol. The Balaban J connectivity index is 1.60. The highest BCUT2D eigenvalue weighted by Gasteiger charge is 2.77. The molecule has 7 unspecified atom stereocenters. The molecule has 0 radical (unpaired) electrons. The van der Waals surface area contributed by atoms with Crippen molar-refractivity contribution in [2.75, 3.05) is 12.0 Å². The van der Waals surface area contributed by atoms with E-state index in [1.54, 1.807) is 7.11 Å². The minimum Gasteiger partial charge on any atom is -0.497 e. The van der Waals surface area contributed by atoms with E-state index >= 15 is 0 Å². The largest absolute Gasteiger partial charge is 0.497 e. The average Bonchev–Trinajstić information content (AvgIpc) is 3.16. The van der Waals surface area contributed by atoms with Crippen LogP contribution in [0.4, 0.5) is 5.69 Å². The Hall–Kier alpha value is -1.59. The number of aliphatic hydroxyl groups excluding tert-OH is 1. The fourth-order valence-corrected chi connectivity index (χ4v) is 5.59. The summed E-state index contributed by atoms with van der Waals surface area (Å²) in [5.41, 5.74) is 0.218. The summed E-state index contributed by atoms with van der Waals surface area (Å²) in [5, 5.41) is 10.4. The first-order chi connectivity index (χ1) is 10.6. The molecule has 7 atom stereocenters. The van der Waals surface area contributed by atoms with Crippen molar-refractivity contribution in [3.05, 3.63) is 24.3 Å². The van der Waals surface area contributed by atoms with Crippen LogP contribution in [0.2, 0.25) is 0 Å². The number of aliphatic hydroxyl groups is 1. The maximum Gasteiger partial charge on any atom is 0.233 e. The van der Waals surface area contributed by atoms with Crippen molar-refractivity contribution >= 4 is 11.6 Å². The van der Waals surface area contributed by atoms with Crippen molar-refractivity contribution in [2.45, 2.75) is 31.3 Å². The molecular formula is C17H19NO4. The number of nitrogens with zero attached hydrogens (tertiary/aromatic N) is 1. The van der Waals surface area contributed by atoms with Gasteiger partial charge in [-0.25, -0.2) is 0 Å². The highest BCUT2D eigenvalue weighted by Crippen LogP contribution is 2.67. The van der Waals surface area contributed by atoms with Gasteiger partial charge in [0.15, 0.2) is 0 Å². The molecule has 1 N–H and O–H groups in total. The summed E-state index contributed by atoms with van der Waals surface area (Å²) >= 11 is 0. The van der Waals surface area contributed by atoms with Gasteiger partial charge in [-0.3, -0.25) is 9.69 Å². The number of carbonyl (C=O) groups is 1. The van der Waals surface area contributed by atoms with Gasteiger partial charge in [-0.2, -0.15) is 0 Å². The lowest BCUT2D eigenvalue weighted by Gasteiger charge is -2.36. The van der Waals surface area contributed by atoms with Gasteiger partial charge in [0.25, 0.3) is 0 Å². The summed E-state index contributed by atoms with van der Waals surface area (Å²) in [6.07, 6.45) is 0.346. The number of ether oxygens (including phenoxy) is 2. The monoisotopic (exact) mass is 301 g/mol. The zero-order valence-corrected chi connectivity index (χ0v) is 12.6. The Bertz CT molecular complexity index is 659. The van der Waals surface area contributed by atoms with Crippen LogP contribution < -0.4 is 9.64 Å². The fraction of sp³-hybridized carbons (Fsp3) is 0.588. The molecule has 22 heavy (non-hydrogen) atoms. The average molecular weight is 301 g/mol. The Kier molecular flexibility index (Phi) is 2.25. The predicted octanol–water partition coefficient (Wildman–Crippen LogP) is 1.40. The van der Waals surface area contributed by atoms with Gasteiger partial charge in [0, 0.05) is 11.6 Å². The number of benzene rings is 1. The molecule has 4 aliphatic rings. The topological polar surface area (TPSA) is 59.0 Å². The summed E-state index contributed by atoms with van der Waals surface area (Å²) in [7, 11) is 1.63. The molecule has 116 valence electrons. The fourth-order valence-electron chi connectivity index (χ4n) is 5.59. The molecule has 2 saturated heterocycles. The van der Waals surface area contributed by atoms with Crippen molar-refractivity contribution < 1.29 is 19.4 Å². The number of fused-ring (bicyclic) bond motifs is 2. The van der Waals surface area contributed by atoms with E-state index in [4.69, 9.17) is 9.47 Å². The highest BCUT2D eigenvalue weighted by molar-refractivity contribution is 6.00. The van der Waals surface area contributed by atoms with Crippen LogP contribution in [0.3, 0.4) is 0 Å². The van der Waals surface area contributed by atoms with Crippen LogP contribution in [0.15, 0.2) is 24.3 Å². The van der Waals surface area contributed by atoms with E-state index in [1.165, 1.54) is 0 Å². The van der Waals surface area contributed by atoms with E-state index in [0.717, 1.165) is 17.9 Å². The standard InChI is InChI=1S/C17H19NO4/c1-17-13-11-7-10(14(19)15(11)22-17)12(13)16(20)18(17)8-3-5-9(21-2)6-4-8/h3-6,10-15,19H,7H2,1-2H3. The Morgan fingerprint density at radius 1 is 1.32 bits per heavy atom. The summed E-state index contributed by atoms with van der Waals surface area (Å²) in [6, 6.07) is 7.54. The van der Waals surface area contributed by atoms with Gasteiger partial charge in [0.2, 0.25) is 5.91 Å². The molecule has 1 aromatic carbocycles. The van der Waals surface area contributed by atoms with Crippen LogP contribution in [0.1, 0.15) is 13.3 Å². The minimum atomic E-state index is -0.627. The van der Waals surface area contributed by atoms with E-state index in [0.29, 0.717) is 5.92 Å². The second-order valence-corrected chi connectivity index (χ2v) is 7.11. The van der Waals surface area contributed by atoms with E-state index in [-0.39, 0.29) is 29.8 Å². The third kappa shape index (κ3) is 1.23. The molecule has 2 saturated carbocycles. The molecule has 2 aliphatic heterocycles. The molecule has 0 spiro atoms. The summed E-state index contributed by atoms with van der Waals surface area (Å²) in [5.74, 6) is 1.37. The third-order valence-corrected chi connectivity index (χ3v) is 6.32. The van der Waals surface area contributed by atoms with Crippen LogP contribution in [0.5, 0.6) is 5.75 Å². The van der Waals surface area contributed by atoms with E-state index in [2.05, 4.69) is 0 Å². The molecule has 1 amide bonds. The van der Waals surface area contributed by atoms with Gasteiger partial charge in [-0.05, 0) is 49.4 Å². The highest BCUT2D eigenvalue weighted by atomic mass is 16.6. The van der Waals surface area contributed by atoms with Crippen molar-refractivity contribution in [1.82, 2.24) is 0 Å². The zero-order chi connectivity index (χ0) is 15.2. The molecule has 0 aromatic heterocycles. The maximum absolute atomic E-state index is 13.0. The minimum absolute atomic E-state index is 0.0672. The quantitative estimate of drug-likeness (QED) is 0.897. The normalized spacial score (nSPS) is 47.6. The Labute approximate surface area is 128 Å². The number of hydrogen-bond acceptors (Lipinski definition) is 4. The number of carbonyl (C=O) groups excluding carboxylic acids is 1. The van der Waals surface area contributed by atoms with Crippen LogP contribution in [0.25, 0.3) is 0 Å². The van der Waals surface area contributed by atoms with Crippen LogP contribution in [-0.4, -0.2) is 36.1 Å². The second kappa shape index (κ2) is 3.84. The molecule has 5 nitrogen and oxygen atoms in total. The zero-order valence-electron chi connectivity index (χ0n) is 12.6. The van der Waals surface area contributed by atoms with Gasteiger partial charge >= 0.3 is 0 Å². The number of amides is 1. The number of anilines is 1. The van der Waals surface area contributed by atoms with E-state index < -0.39 is 11.8 Å². The number of rotatable bonds is 2. The number of methoxy groups -OCH3 is 1. The van der Waals surface area contributed by atoms with Crippen molar-refractivity contribution in [1.29, 1.82) is 0 Å². The lowest BCUT2D eigenvalue weighted by atomic mass is 9.77.